The van der Waals surface area contributed by atoms with Crippen molar-refractivity contribution >= 4 is 28.0 Å². The Balaban J connectivity index is 1.11. The predicted molar refractivity (Wildman–Crippen MR) is 240 cm³/mol. The Labute approximate surface area is 337 Å². The van der Waals surface area contributed by atoms with E-state index in [1.807, 2.05) is 12.1 Å². The van der Waals surface area contributed by atoms with E-state index in [1.54, 1.807) is 0 Å². The molecule has 0 saturated carbocycles. The molecule has 11 rings (SSSR count). The molecule has 58 heavy (non-hydrogen) atoms. The molecule has 0 fully saturated rings. The maximum absolute atomic E-state index is 5.17. The van der Waals surface area contributed by atoms with Crippen molar-refractivity contribution in [3.8, 4) is 73.1 Å². The summed E-state index contributed by atoms with van der Waals surface area (Å²) in [4.78, 5) is 12.8. The van der Waals surface area contributed by atoms with Crippen molar-refractivity contribution in [2.75, 3.05) is 4.90 Å². The van der Waals surface area contributed by atoms with Gasteiger partial charge in [-0.05, 0) is 54.1 Å². The van der Waals surface area contributed by atoms with Crippen LogP contribution >= 0.6 is 0 Å². The largest absolute Gasteiger partial charge is 0.309 e. The maximum atomic E-state index is 5.17. The molecule has 0 N–H and O–H groups in total. The highest BCUT2D eigenvalue weighted by Gasteiger charge is 2.32. The van der Waals surface area contributed by atoms with Crippen LogP contribution in [0.1, 0.15) is 0 Å². The van der Waals surface area contributed by atoms with E-state index in [0.717, 1.165) is 67.5 Å². The van der Waals surface area contributed by atoms with E-state index >= 15 is 0 Å². The molecule has 0 radical (unpaired) electrons. The highest BCUT2D eigenvalue weighted by atomic mass is 15.2. The third-order valence-corrected chi connectivity index (χ3v) is 11.1. The third-order valence-electron chi connectivity index (χ3n) is 11.1. The van der Waals surface area contributed by atoms with Crippen molar-refractivity contribution in [2.45, 2.75) is 0 Å². The molecule has 8 aromatic carbocycles. The second-order valence-electron chi connectivity index (χ2n) is 14.6. The molecule has 3 heterocycles. The van der Waals surface area contributed by atoms with Crippen molar-refractivity contribution in [2.24, 2.45) is 0 Å². The molecule has 0 amide bonds. The highest BCUT2D eigenvalue weighted by Crippen LogP contribution is 2.55. The van der Waals surface area contributed by atoms with E-state index in [4.69, 9.17) is 9.97 Å². The second kappa shape index (κ2) is 14.0. The lowest BCUT2D eigenvalue weighted by molar-refractivity contribution is 1.13. The van der Waals surface area contributed by atoms with Crippen LogP contribution in [0.25, 0.3) is 84.0 Å². The molecule has 4 nitrogen and oxygen atoms in total. The Kier molecular flexibility index (Phi) is 8.11. The summed E-state index contributed by atoms with van der Waals surface area (Å²) in [5.41, 5.74) is 17.4. The lowest BCUT2D eigenvalue weighted by atomic mass is 9.98. The standard InChI is InChI=1S/C54H36N4/c1-4-19-37(20-5-1)46-36-47(38-21-6-2-7-22-38)56-54(55-46)40-24-18-23-39(35-40)42-27-10-14-31-48(42)58-50-33-16-12-29-44(50)52-43-28-11-15-32-49(43)57(41-25-8-3-9-26-41)53(52)45-30-13-17-34-51(45)58/h1-36H. The van der Waals surface area contributed by atoms with Crippen LogP contribution in [0.15, 0.2) is 218 Å². The van der Waals surface area contributed by atoms with Gasteiger partial charge in [-0.2, -0.15) is 0 Å². The first-order chi connectivity index (χ1) is 28.8. The smallest absolute Gasteiger partial charge is 0.160 e. The number of para-hydroxylation sites is 5. The fourth-order valence-corrected chi connectivity index (χ4v) is 8.58. The van der Waals surface area contributed by atoms with Crippen LogP contribution in [-0.2, 0) is 0 Å². The van der Waals surface area contributed by atoms with Gasteiger partial charge in [0.25, 0.3) is 0 Å². The van der Waals surface area contributed by atoms with Crippen LogP contribution in [0.4, 0.5) is 17.1 Å². The van der Waals surface area contributed by atoms with Crippen LogP contribution in [0, 0.1) is 0 Å². The van der Waals surface area contributed by atoms with Crippen LogP contribution < -0.4 is 4.90 Å². The quantitative estimate of drug-likeness (QED) is 0.170. The van der Waals surface area contributed by atoms with Crippen LogP contribution in [0.2, 0.25) is 0 Å². The SMILES string of the molecule is c1ccc(-c2cc(-c3ccccc3)nc(-c3cccc(-c4ccccc4N4c5ccccc5-c5c(n(-c6ccccc6)c6ccccc56)-c5ccccc54)c3)n2)cc1. The number of benzene rings is 8. The number of rotatable bonds is 6. The summed E-state index contributed by atoms with van der Waals surface area (Å²) in [6.07, 6.45) is 0. The zero-order valence-electron chi connectivity index (χ0n) is 31.6. The van der Waals surface area contributed by atoms with Crippen molar-refractivity contribution in [3.05, 3.63) is 218 Å². The van der Waals surface area contributed by atoms with Crippen molar-refractivity contribution in [1.29, 1.82) is 0 Å². The summed E-state index contributed by atoms with van der Waals surface area (Å²) in [5.74, 6) is 0.685. The summed E-state index contributed by atoms with van der Waals surface area (Å²) >= 11 is 0. The molecule has 4 heteroatoms. The first-order valence-corrected chi connectivity index (χ1v) is 19.7. The van der Waals surface area contributed by atoms with Crippen LogP contribution in [-0.4, -0.2) is 14.5 Å². The third kappa shape index (κ3) is 5.62. The topological polar surface area (TPSA) is 34.0 Å². The van der Waals surface area contributed by atoms with Gasteiger partial charge < -0.3 is 9.47 Å². The monoisotopic (exact) mass is 740 g/mol. The number of nitrogens with zero attached hydrogens (tertiary/aromatic N) is 4. The van der Waals surface area contributed by atoms with Gasteiger partial charge in [0.15, 0.2) is 5.82 Å². The van der Waals surface area contributed by atoms with E-state index in [9.17, 15) is 0 Å². The molecular weight excluding hydrogens is 705 g/mol. The molecule has 0 aliphatic carbocycles. The fraction of sp³-hybridized carbons (Fsp3) is 0. The Hall–Kier alpha value is -7.82. The maximum Gasteiger partial charge on any atom is 0.160 e. The lowest BCUT2D eigenvalue weighted by Gasteiger charge is -2.29. The van der Waals surface area contributed by atoms with E-state index in [-0.39, 0.29) is 0 Å². The molecule has 0 saturated heterocycles. The average molecular weight is 741 g/mol. The minimum absolute atomic E-state index is 0.685. The van der Waals surface area contributed by atoms with Crippen molar-refractivity contribution < 1.29 is 0 Å². The van der Waals surface area contributed by atoms with E-state index in [0.29, 0.717) is 5.82 Å². The van der Waals surface area contributed by atoms with E-state index in [2.05, 4.69) is 216 Å². The molecule has 0 spiro atoms. The first kappa shape index (κ1) is 33.5. The lowest BCUT2D eigenvalue weighted by Crippen LogP contribution is -2.12. The first-order valence-electron chi connectivity index (χ1n) is 19.7. The molecule has 0 atom stereocenters. The van der Waals surface area contributed by atoms with Crippen LogP contribution in [0.5, 0.6) is 0 Å². The number of aromatic nitrogens is 3. The molecule has 0 bridgehead atoms. The summed E-state index contributed by atoms with van der Waals surface area (Å²) in [6.45, 7) is 0. The zero-order chi connectivity index (χ0) is 38.4. The Morgan fingerprint density at radius 2 is 0.828 bits per heavy atom. The Bertz CT molecular complexity index is 3060. The van der Waals surface area contributed by atoms with Gasteiger partial charge in [0.05, 0.1) is 39.7 Å². The Morgan fingerprint density at radius 3 is 1.50 bits per heavy atom. The predicted octanol–water partition coefficient (Wildman–Crippen LogP) is 14.2. The summed E-state index contributed by atoms with van der Waals surface area (Å²) in [6, 6.07) is 77.4. The molecular formula is C54H36N4. The van der Waals surface area contributed by atoms with Gasteiger partial charge in [-0.25, -0.2) is 9.97 Å². The van der Waals surface area contributed by atoms with E-state index < -0.39 is 0 Å². The van der Waals surface area contributed by atoms with Gasteiger partial charge in [0, 0.05) is 50.0 Å². The Morgan fingerprint density at radius 1 is 0.345 bits per heavy atom. The molecule has 272 valence electrons. The van der Waals surface area contributed by atoms with Gasteiger partial charge in [-0.15, -0.1) is 0 Å². The summed E-state index contributed by atoms with van der Waals surface area (Å²) in [5, 5.41) is 1.22. The summed E-state index contributed by atoms with van der Waals surface area (Å²) in [7, 11) is 0. The highest BCUT2D eigenvalue weighted by molar-refractivity contribution is 6.13. The molecule has 1 aliphatic heterocycles. The molecule has 0 unspecified atom stereocenters. The van der Waals surface area contributed by atoms with Gasteiger partial charge in [0.1, 0.15) is 0 Å². The number of fused-ring (bicyclic) bond motifs is 7. The number of hydrogen-bond donors (Lipinski definition) is 0. The molecule has 10 aromatic rings. The van der Waals surface area contributed by atoms with Crippen molar-refractivity contribution in [1.82, 2.24) is 14.5 Å². The van der Waals surface area contributed by atoms with Gasteiger partial charge in [0.2, 0.25) is 0 Å². The van der Waals surface area contributed by atoms with Crippen molar-refractivity contribution in [3.63, 3.8) is 0 Å². The summed E-state index contributed by atoms with van der Waals surface area (Å²) < 4.78 is 2.44. The molecule has 1 aliphatic rings. The molecule has 2 aromatic heterocycles. The zero-order valence-corrected chi connectivity index (χ0v) is 31.6. The number of anilines is 3. The number of hydrogen-bond acceptors (Lipinski definition) is 3. The fourth-order valence-electron chi connectivity index (χ4n) is 8.58. The minimum Gasteiger partial charge on any atom is -0.309 e. The second-order valence-corrected chi connectivity index (χ2v) is 14.6. The van der Waals surface area contributed by atoms with Crippen LogP contribution in [0.3, 0.4) is 0 Å². The normalized spacial score (nSPS) is 11.8. The average Bonchev–Trinajstić information content (AvgIpc) is 3.59. The van der Waals surface area contributed by atoms with Gasteiger partial charge in [-0.1, -0.05) is 170 Å². The van der Waals surface area contributed by atoms with Gasteiger partial charge in [-0.3, -0.25) is 0 Å². The minimum atomic E-state index is 0.685. The van der Waals surface area contributed by atoms with E-state index in [1.165, 1.54) is 27.7 Å². The van der Waals surface area contributed by atoms with Gasteiger partial charge >= 0.3 is 0 Å².